The maximum atomic E-state index is 11.8. The summed E-state index contributed by atoms with van der Waals surface area (Å²) in [6.45, 7) is 1.23. The molecule has 1 saturated carbocycles. The Morgan fingerprint density at radius 2 is 1.69 bits per heavy atom. The maximum absolute atomic E-state index is 11.8. The summed E-state index contributed by atoms with van der Waals surface area (Å²) in [5, 5.41) is 20.4. The Morgan fingerprint density at radius 3 is 2.39 bits per heavy atom. The maximum Gasteiger partial charge on any atom is 0.335 e. The molecule has 1 aliphatic carbocycles. The number of carboxylic acid groups (broad SMARTS) is 1. The van der Waals surface area contributed by atoms with Crippen molar-refractivity contribution < 1.29 is 19.7 Å². The van der Waals surface area contributed by atoms with Gasteiger partial charge in [-0.15, -0.1) is 0 Å². The Morgan fingerprint density at radius 1 is 0.944 bits per heavy atom. The zero-order valence-corrected chi connectivity index (χ0v) is 20.5. The molecule has 36 heavy (non-hydrogen) atoms. The highest BCUT2D eigenvalue weighted by Gasteiger charge is 2.27. The monoisotopic (exact) mass is 483 g/mol. The number of aromatic carboxylic acids is 1. The van der Waals surface area contributed by atoms with E-state index in [2.05, 4.69) is 28.8 Å². The molecule has 1 heterocycles. The predicted molar refractivity (Wildman–Crippen MR) is 143 cm³/mol. The standard InChI is InChI=1S/C31H33NO4/c33-19-7-18-32-28-20-25(31(34)35)14-17-27(28)29(23-10-5-2-6-11-23)30(32)24-12-15-26(16-13-24)36-21-22-8-3-1-4-9-22/h1,3-4,8-9,12-17,20,23,33H,2,5-7,10-11,18-19,21H2,(H,34,35). The summed E-state index contributed by atoms with van der Waals surface area (Å²) in [7, 11) is 0. The van der Waals surface area contributed by atoms with Crippen molar-refractivity contribution in [1.29, 1.82) is 0 Å². The zero-order valence-electron chi connectivity index (χ0n) is 20.5. The Hall–Kier alpha value is -3.57. The molecular weight excluding hydrogens is 450 g/mol. The van der Waals surface area contributed by atoms with Crippen molar-refractivity contribution in [3.8, 4) is 17.0 Å². The van der Waals surface area contributed by atoms with Crippen LogP contribution in [-0.4, -0.2) is 27.4 Å². The lowest BCUT2D eigenvalue weighted by Gasteiger charge is -2.24. The van der Waals surface area contributed by atoms with Gasteiger partial charge in [0, 0.05) is 24.1 Å². The second-order valence-electron chi connectivity index (χ2n) is 9.66. The highest BCUT2D eigenvalue weighted by Crippen LogP contribution is 2.44. The molecule has 1 fully saturated rings. The van der Waals surface area contributed by atoms with Crippen LogP contribution in [0.4, 0.5) is 0 Å². The van der Waals surface area contributed by atoms with E-state index in [0.29, 0.717) is 25.5 Å². The number of aliphatic hydroxyl groups is 1. The number of hydrogen-bond donors (Lipinski definition) is 2. The van der Waals surface area contributed by atoms with Crippen LogP contribution < -0.4 is 4.74 Å². The molecule has 0 atom stereocenters. The van der Waals surface area contributed by atoms with Gasteiger partial charge < -0.3 is 19.5 Å². The Labute approximate surface area is 212 Å². The molecule has 0 unspecified atom stereocenters. The number of hydrogen-bond acceptors (Lipinski definition) is 3. The van der Waals surface area contributed by atoms with E-state index in [4.69, 9.17) is 4.74 Å². The fourth-order valence-electron chi connectivity index (χ4n) is 5.54. The molecule has 4 aromatic rings. The van der Waals surface area contributed by atoms with Crippen LogP contribution in [-0.2, 0) is 13.2 Å². The summed E-state index contributed by atoms with van der Waals surface area (Å²) < 4.78 is 8.24. The number of aliphatic hydroxyl groups excluding tert-OH is 1. The summed E-state index contributed by atoms with van der Waals surface area (Å²) in [6.07, 6.45) is 6.60. The zero-order chi connectivity index (χ0) is 24.9. The van der Waals surface area contributed by atoms with Gasteiger partial charge in [-0.1, -0.05) is 55.7 Å². The van der Waals surface area contributed by atoms with E-state index in [0.717, 1.165) is 46.3 Å². The van der Waals surface area contributed by atoms with Gasteiger partial charge in [-0.2, -0.15) is 0 Å². The van der Waals surface area contributed by atoms with Crippen molar-refractivity contribution in [3.63, 3.8) is 0 Å². The SMILES string of the molecule is O=C(O)c1ccc2c(C3CCCCC3)c(-c3ccc(OCc4ccccc4)cc3)n(CCCO)c2c1. The number of fused-ring (bicyclic) bond motifs is 1. The molecule has 186 valence electrons. The Balaban J connectivity index is 1.58. The van der Waals surface area contributed by atoms with Crippen LogP contribution in [0.5, 0.6) is 5.75 Å². The Bertz CT molecular complexity index is 1320. The van der Waals surface area contributed by atoms with E-state index < -0.39 is 5.97 Å². The van der Waals surface area contributed by atoms with Crippen molar-refractivity contribution in [2.24, 2.45) is 0 Å². The Kier molecular flexibility index (Phi) is 7.38. The number of carboxylic acids is 1. The molecule has 0 bridgehead atoms. The van der Waals surface area contributed by atoms with Crippen LogP contribution in [0.2, 0.25) is 0 Å². The van der Waals surface area contributed by atoms with Gasteiger partial charge in [0.15, 0.2) is 0 Å². The second kappa shape index (κ2) is 11.0. The lowest BCUT2D eigenvalue weighted by Crippen LogP contribution is -2.08. The summed E-state index contributed by atoms with van der Waals surface area (Å²) in [4.78, 5) is 11.8. The summed E-state index contributed by atoms with van der Waals surface area (Å²) in [6, 6.07) is 23.9. The van der Waals surface area contributed by atoms with Crippen molar-refractivity contribution in [2.75, 3.05) is 6.61 Å². The van der Waals surface area contributed by atoms with E-state index in [1.54, 1.807) is 12.1 Å². The average Bonchev–Trinajstić information content (AvgIpc) is 3.25. The first-order valence-electron chi connectivity index (χ1n) is 12.9. The van der Waals surface area contributed by atoms with E-state index in [1.807, 2.05) is 36.4 Å². The predicted octanol–water partition coefficient (Wildman–Crippen LogP) is 7.02. The fourth-order valence-corrected chi connectivity index (χ4v) is 5.54. The summed E-state index contributed by atoms with van der Waals surface area (Å²) in [5.74, 6) is 0.330. The number of aromatic nitrogens is 1. The first-order chi connectivity index (χ1) is 17.7. The van der Waals surface area contributed by atoms with Crippen molar-refractivity contribution in [3.05, 3.63) is 89.5 Å². The molecule has 0 aliphatic heterocycles. The molecule has 2 N–H and O–H groups in total. The van der Waals surface area contributed by atoms with Gasteiger partial charge in [0.1, 0.15) is 12.4 Å². The third-order valence-corrected chi connectivity index (χ3v) is 7.28. The minimum atomic E-state index is -0.924. The van der Waals surface area contributed by atoms with Crippen LogP contribution in [0, 0.1) is 0 Å². The quantitative estimate of drug-likeness (QED) is 0.268. The van der Waals surface area contributed by atoms with Gasteiger partial charge in [0.25, 0.3) is 0 Å². The van der Waals surface area contributed by atoms with E-state index in [-0.39, 0.29) is 12.2 Å². The van der Waals surface area contributed by atoms with Crippen LogP contribution in [0.25, 0.3) is 22.2 Å². The third-order valence-electron chi connectivity index (χ3n) is 7.28. The molecule has 5 heteroatoms. The van der Waals surface area contributed by atoms with Crippen molar-refractivity contribution >= 4 is 16.9 Å². The van der Waals surface area contributed by atoms with Crippen LogP contribution in [0.15, 0.2) is 72.8 Å². The van der Waals surface area contributed by atoms with Gasteiger partial charge in [-0.25, -0.2) is 4.79 Å². The first kappa shape index (κ1) is 24.1. The molecule has 1 aromatic heterocycles. The molecule has 5 rings (SSSR count). The van der Waals surface area contributed by atoms with Crippen molar-refractivity contribution in [2.45, 2.75) is 57.6 Å². The number of nitrogens with zero attached hydrogens (tertiary/aromatic N) is 1. The summed E-state index contributed by atoms with van der Waals surface area (Å²) >= 11 is 0. The van der Waals surface area contributed by atoms with Crippen LogP contribution >= 0.6 is 0 Å². The first-order valence-corrected chi connectivity index (χ1v) is 12.9. The van der Waals surface area contributed by atoms with E-state index in [9.17, 15) is 15.0 Å². The van der Waals surface area contributed by atoms with E-state index in [1.165, 1.54) is 24.8 Å². The molecule has 0 radical (unpaired) electrons. The number of aryl methyl sites for hydroxylation is 1. The molecule has 0 amide bonds. The van der Waals surface area contributed by atoms with Crippen LogP contribution in [0.3, 0.4) is 0 Å². The largest absolute Gasteiger partial charge is 0.489 e. The number of benzene rings is 3. The minimum Gasteiger partial charge on any atom is -0.489 e. The molecule has 0 spiro atoms. The summed E-state index contributed by atoms with van der Waals surface area (Å²) in [5.41, 5.74) is 5.90. The number of carbonyl (C=O) groups is 1. The molecule has 1 aliphatic rings. The normalized spacial score (nSPS) is 14.2. The minimum absolute atomic E-state index is 0.0861. The highest BCUT2D eigenvalue weighted by molar-refractivity contribution is 5.98. The number of ether oxygens (including phenoxy) is 1. The molecule has 5 nitrogen and oxygen atoms in total. The van der Waals surface area contributed by atoms with Gasteiger partial charge in [0.05, 0.1) is 11.3 Å². The van der Waals surface area contributed by atoms with E-state index >= 15 is 0 Å². The molecule has 3 aromatic carbocycles. The third kappa shape index (κ3) is 5.02. The average molecular weight is 484 g/mol. The topological polar surface area (TPSA) is 71.7 Å². The van der Waals surface area contributed by atoms with Crippen LogP contribution in [0.1, 0.15) is 65.9 Å². The second-order valence-corrected chi connectivity index (χ2v) is 9.66. The van der Waals surface area contributed by atoms with Gasteiger partial charge in [-0.05, 0) is 78.3 Å². The lowest BCUT2D eigenvalue weighted by molar-refractivity contribution is 0.0697. The van der Waals surface area contributed by atoms with Gasteiger partial charge >= 0.3 is 5.97 Å². The smallest absolute Gasteiger partial charge is 0.335 e. The molecular formula is C31H33NO4. The lowest BCUT2D eigenvalue weighted by atomic mass is 9.81. The number of rotatable bonds is 9. The fraction of sp³-hybridized carbons (Fsp3) is 0.323. The molecule has 0 saturated heterocycles. The van der Waals surface area contributed by atoms with Crippen molar-refractivity contribution in [1.82, 2.24) is 4.57 Å². The van der Waals surface area contributed by atoms with Gasteiger partial charge in [-0.3, -0.25) is 0 Å². The van der Waals surface area contributed by atoms with Gasteiger partial charge in [0.2, 0.25) is 0 Å². The highest BCUT2D eigenvalue weighted by atomic mass is 16.5.